The van der Waals surface area contributed by atoms with Crippen LogP contribution in [0.5, 0.6) is 0 Å². The summed E-state index contributed by atoms with van der Waals surface area (Å²) in [5.41, 5.74) is 0. The van der Waals surface area contributed by atoms with E-state index in [9.17, 15) is 0 Å². The molecule has 0 radical (unpaired) electrons. The zero-order valence-corrected chi connectivity index (χ0v) is 5.61. The smallest absolute Gasteiger partial charge is 0 e. The van der Waals surface area contributed by atoms with Crippen LogP contribution >= 0.6 is 0 Å². The molecule has 8 heavy (non-hydrogen) atoms. The minimum Gasteiger partial charge on any atom is -1.00 e. The normalized spacial score (nSPS) is 0. The molecule has 0 saturated heterocycles. The van der Waals surface area contributed by atoms with Crippen LogP contribution in [0.2, 0.25) is 0 Å². The maximum Gasteiger partial charge on any atom is 0 e. The molecule has 62 valence electrons. The van der Waals surface area contributed by atoms with Gasteiger partial charge in [0.15, 0.2) is 0 Å². The molecule has 0 nitrogen and oxygen atoms in total. The number of hydrogen-bond acceptors (Lipinski definition) is 0. The van der Waals surface area contributed by atoms with Crippen LogP contribution in [0.3, 0.4) is 0 Å². The molecule has 0 heterocycles. The predicted octanol–water partition coefficient (Wildman–Crippen LogP) is -19.4. The van der Waals surface area contributed by atoms with Crippen LogP contribution < -0.4 is 28.2 Å². The van der Waals surface area contributed by atoms with E-state index < -0.39 is 0 Å². The summed E-state index contributed by atoms with van der Waals surface area (Å²) in [6, 6.07) is 0. The molecule has 0 aliphatic rings. The zero-order valence-electron chi connectivity index (χ0n) is 2.68. The summed E-state index contributed by atoms with van der Waals surface area (Å²) >= 11 is 0. The zero-order chi connectivity index (χ0) is 0. The second-order valence-electron chi connectivity index (χ2n) is 0. The summed E-state index contributed by atoms with van der Waals surface area (Å²) in [5.74, 6) is 0. The number of rotatable bonds is 0. The Labute approximate surface area is 60.9 Å². The Morgan fingerprint density at radius 1 is 0.375 bits per heavy atom. The van der Waals surface area contributed by atoms with E-state index >= 15 is 0 Å². The third-order valence-electron chi connectivity index (χ3n) is 0. The second kappa shape index (κ2) is 1340. The monoisotopic (exact) mass is 330 g/mol. The van der Waals surface area contributed by atoms with Gasteiger partial charge in [-0.2, -0.15) is 0 Å². The molecule has 0 saturated carbocycles. The molecule has 0 aromatic heterocycles. The van der Waals surface area contributed by atoms with Gasteiger partial charge in [-0.3, -0.25) is 0 Å². The van der Waals surface area contributed by atoms with E-state index in [1.807, 2.05) is 0 Å². The van der Waals surface area contributed by atoms with E-state index in [-0.39, 0.29) is 60.3 Å². The first-order chi connectivity index (χ1) is 0. The summed E-state index contributed by atoms with van der Waals surface area (Å²) in [7, 11) is 0. The predicted molar refractivity (Wildman–Crippen MR) is 11.3 cm³/mol. The van der Waals surface area contributed by atoms with Crippen molar-refractivity contribution in [3.63, 3.8) is 0 Å². The van der Waals surface area contributed by atoms with Gasteiger partial charge < -0.3 is 28.2 Å². The molecular weight excluding hydrogens is 326 g/mol. The van der Waals surface area contributed by atoms with Crippen LogP contribution in [0.1, 0.15) is 0 Å². The Balaban J connectivity index is 0. The summed E-state index contributed by atoms with van der Waals surface area (Å²) in [4.78, 5) is 0. The molecule has 0 rings (SSSR count). The average Bonchev–Trinajstić information content (AvgIpc) is 0. The number of halogens is 6. The summed E-state index contributed by atoms with van der Waals surface area (Å²) in [6.45, 7) is 0. The maximum absolute atomic E-state index is 0. The fraction of sp³-hybridized carbons (Fsp3) is 0. The van der Waals surface area contributed by atoms with Gasteiger partial charge in [-0.05, 0) is 11.0 Å². The molecule has 0 aliphatic heterocycles. The minimum absolute atomic E-state index is 0. The van der Waals surface area contributed by atoms with E-state index in [2.05, 4.69) is 0 Å². The Kier molecular flexibility index (Phi) is 338000. The van der Waals surface area contributed by atoms with Crippen molar-refractivity contribution in [3.8, 4) is 0 Å². The van der Waals surface area contributed by atoms with Gasteiger partial charge in [0.25, 0.3) is 0 Å². The van der Waals surface area contributed by atoms with Crippen molar-refractivity contribution in [2.45, 2.75) is 0 Å². The largest absolute Gasteiger partial charge is 1.00 e. The fourth-order valence-electron chi connectivity index (χ4n) is 0. The van der Waals surface area contributed by atoms with Gasteiger partial charge >= 0.3 is 0 Å². The van der Waals surface area contributed by atoms with Crippen LogP contribution in [0.15, 0.2) is 0 Å². The average molecular weight is 330 g/mol. The van der Waals surface area contributed by atoms with Gasteiger partial charge in [-0.15, -0.1) is 0 Å². The summed E-state index contributed by atoms with van der Waals surface area (Å²) < 4.78 is 0. The van der Waals surface area contributed by atoms with E-state index in [0.29, 0.717) is 0 Å². The van der Waals surface area contributed by atoms with Crippen LogP contribution in [-0.2, 0) is 21.1 Å². The summed E-state index contributed by atoms with van der Waals surface area (Å²) in [5, 5.41) is 0. The molecule has 0 unspecified atom stereocenters. The molecule has 0 fully saturated rings. The van der Waals surface area contributed by atoms with Crippen LogP contribution in [0, 0.1) is 0 Å². The first-order valence-corrected chi connectivity index (χ1v) is 0. The second-order valence-corrected chi connectivity index (χ2v) is 0. The summed E-state index contributed by atoms with van der Waals surface area (Å²) in [6.07, 6.45) is 0. The Hall–Kier alpha value is 0.485. The fourth-order valence-corrected chi connectivity index (χ4v) is 0. The van der Waals surface area contributed by atoms with Gasteiger partial charge in [0.05, 0.1) is 0 Å². The topological polar surface area (TPSA) is 0 Å². The molecular formula is H4F6SiW-6. The van der Waals surface area contributed by atoms with Gasteiger partial charge in [-0.25, -0.2) is 0 Å². The van der Waals surface area contributed by atoms with E-state index in [0.717, 1.165) is 0 Å². The number of hydrogen-bond donors (Lipinski definition) is 0. The van der Waals surface area contributed by atoms with E-state index in [4.69, 9.17) is 0 Å². The van der Waals surface area contributed by atoms with Crippen LogP contribution in [0.25, 0.3) is 0 Å². The Bertz CT molecular complexity index is 8.49. The molecule has 0 spiro atoms. The van der Waals surface area contributed by atoms with Gasteiger partial charge in [-0.1, -0.05) is 0 Å². The third-order valence-corrected chi connectivity index (χ3v) is 0. The quantitative estimate of drug-likeness (QED) is 0.306. The van der Waals surface area contributed by atoms with Crippen molar-refractivity contribution in [3.05, 3.63) is 0 Å². The van der Waals surface area contributed by atoms with E-state index in [1.54, 1.807) is 0 Å². The Morgan fingerprint density at radius 3 is 0.375 bits per heavy atom. The molecule has 0 aromatic rings. The van der Waals surface area contributed by atoms with Crippen molar-refractivity contribution in [1.82, 2.24) is 0 Å². The van der Waals surface area contributed by atoms with E-state index in [1.165, 1.54) is 0 Å². The molecule has 0 amide bonds. The van der Waals surface area contributed by atoms with Crippen molar-refractivity contribution < 1.29 is 49.3 Å². The van der Waals surface area contributed by atoms with Crippen molar-refractivity contribution in [2.24, 2.45) is 0 Å². The van der Waals surface area contributed by atoms with Gasteiger partial charge in [0.1, 0.15) is 0 Å². The van der Waals surface area contributed by atoms with Gasteiger partial charge in [0, 0.05) is 21.1 Å². The SMILES string of the molecule is [F-].[F-].[F-].[F-].[F-].[F-].[SiH4].[W]. The van der Waals surface area contributed by atoms with Crippen molar-refractivity contribution in [1.29, 1.82) is 0 Å². The first kappa shape index (κ1) is 2020. The van der Waals surface area contributed by atoms with Crippen molar-refractivity contribution in [2.75, 3.05) is 0 Å². The Morgan fingerprint density at radius 2 is 0.375 bits per heavy atom. The van der Waals surface area contributed by atoms with Crippen LogP contribution in [0.4, 0.5) is 0 Å². The molecule has 0 N–H and O–H groups in total. The molecule has 0 aliphatic carbocycles. The molecule has 0 aromatic carbocycles. The maximum atomic E-state index is 0. The van der Waals surface area contributed by atoms with Crippen LogP contribution in [-0.4, -0.2) is 11.0 Å². The molecule has 8 heteroatoms. The third kappa shape index (κ3) is 829. The molecule has 0 atom stereocenters. The molecule has 0 bridgehead atoms. The van der Waals surface area contributed by atoms with Crippen molar-refractivity contribution >= 4 is 11.0 Å². The standard InChI is InChI=1S/6FH.H4Si.W/h6*1H;1H4;/p-6. The van der Waals surface area contributed by atoms with Gasteiger partial charge in [0.2, 0.25) is 0 Å². The minimum atomic E-state index is 0. The first-order valence-electron chi connectivity index (χ1n) is 0.